The average molecular weight is 953 g/mol. The van der Waals surface area contributed by atoms with Gasteiger partial charge in [0.05, 0.1) is 11.4 Å². The SMILES string of the molecule is C=C(c1ccc(C)cc1)c1ccc(N(c2ccc(C)cc2)c2cc3c4cccc5cccc(c54)c4c5ccccc5c(C(C)(C)C)c(c2N(c2ccc(C)cc2)c2ccc(C(=C)c5ccc(C)cc5)cc2)c34)cc1. The van der Waals surface area contributed by atoms with Gasteiger partial charge in [-0.25, -0.2) is 0 Å². The van der Waals surface area contributed by atoms with E-state index < -0.39 is 0 Å². The van der Waals surface area contributed by atoms with Crippen LogP contribution < -0.4 is 9.80 Å². The zero-order valence-electron chi connectivity index (χ0n) is 43.5. The van der Waals surface area contributed by atoms with E-state index in [0.29, 0.717) is 0 Å². The van der Waals surface area contributed by atoms with Crippen LogP contribution in [0.25, 0.3) is 65.0 Å². The largest absolute Gasteiger partial charge is 0.308 e. The van der Waals surface area contributed by atoms with Crippen LogP contribution in [0.5, 0.6) is 0 Å². The number of aryl methyl sites for hydroxylation is 4. The topological polar surface area (TPSA) is 6.48 Å². The molecule has 0 fully saturated rings. The fourth-order valence-electron chi connectivity index (χ4n) is 11.5. The van der Waals surface area contributed by atoms with Crippen molar-refractivity contribution in [3.05, 3.63) is 276 Å². The number of fused-ring (bicyclic) bond motifs is 4. The maximum Gasteiger partial charge on any atom is 0.0785 e. The second kappa shape index (κ2) is 18.1. The van der Waals surface area contributed by atoms with Crippen LogP contribution in [0.15, 0.2) is 225 Å². The van der Waals surface area contributed by atoms with Gasteiger partial charge in [-0.05, 0) is 170 Å². The average Bonchev–Trinajstić information content (AvgIpc) is 3.45. The molecule has 74 heavy (non-hydrogen) atoms. The maximum atomic E-state index is 4.63. The van der Waals surface area contributed by atoms with Gasteiger partial charge in [0, 0.05) is 33.5 Å². The zero-order valence-corrected chi connectivity index (χ0v) is 43.5. The van der Waals surface area contributed by atoms with Gasteiger partial charge in [0.1, 0.15) is 0 Å². The Morgan fingerprint density at radius 2 is 0.703 bits per heavy atom. The number of rotatable bonds is 10. The number of anilines is 6. The first kappa shape index (κ1) is 46.4. The summed E-state index contributed by atoms with van der Waals surface area (Å²) < 4.78 is 0. The Labute approximate surface area is 436 Å². The van der Waals surface area contributed by atoms with E-state index in [4.69, 9.17) is 0 Å². The Morgan fingerprint density at radius 1 is 0.338 bits per heavy atom. The van der Waals surface area contributed by atoms with Crippen molar-refractivity contribution in [2.45, 2.75) is 53.9 Å². The van der Waals surface area contributed by atoms with Crippen LogP contribution >= 0.6 is 0 Å². The van der Waals surface area contributed by atoms with E-state index in [9.17, 15) is 0 Å². The molecule has 0 saturated heterocycles. The second-order valence-electron chi connectivity index (χ2n) is 21.4. The molecule has 0 aromatic heterocycles. The first-order valence-corrected chi connectivity index (χ1v) is 25.9. The van der Waals surface area contributed by atoms with Crippen molar-refractivity contribution in [1.29, 1.82) is 0 Å². The summed E-state index contributed by atoms with van der Waals surface area (Å²) in [5.74, 6) is 0. The fourth-order valence-corrected chi connectivity index (χ4v) is 11.5. The van der Waals surface area contributed by atoms with E-state index in [2.05, 4.69) is 284 Å². The quantitative estimate of drug-likeness (QED) is 0.0996. The van der Waals surface area contributed by atoms with E-state index >= 15 is 0 Å². The molecular weight excluding hydrogens is 893 g/mol. The van der Waals surface area contributed by atoms with Gasteiger partial charge < -0.3 is 9.80 Å². The monoisotopic (exact) mass is 952 g/mol. The smallest absolute Gasteiger partial charge is 0.0785 e. The van der Waals surface area contributed by atoms with Crippen LogP contribution in [0.3, 0.4) is 0 Å². The van der Waals surface area contributed by atoms with Crippen LogP contribution in [0.2, 0.25) is 0 Å². The van der Waals surface area contributed by atoms with Gasteiger partial charge in [-0.1, -0.05) is 214 Å². The van der Waals surface area contributed by atoms with Crippen molar-refractivity contribution in [2.75, 3.05) is 9.80 Å². The van der Waals surface area contributed by atoms with Gasteiger partial charge in [-0.3, -0.25) is 0 Å². The van der Waals surface area contributed by atoms with Crippen molar-refractivity contribution < 1.29 is 0 Å². The molecule has 0 amide bonds. The molecular formula is C72H60N2. The highest BCUT2D eigenvalue weighted by atomic mass is 15.2. The highest BCUT2D eigenvalue weighted by molar-refractivity contribution is 6.41. The van der Waals surface area contributed by atoms with Crippen molar-refractivity contribution >= 4 is 99.1 Å². The molecule has 0 radical (unpaired) electrons. The molecule has 0 bridgehead atoms. The Hall–Kier alpha value is -8.72. The summed E-state index contributed by atoms with van der Waals surface area (Å²) in [4.78, 5) is 5.04. The lowest BCUT2D eigenvalue weighted by Crippen LogP contribution is -2.20. The summed E-state index contributed by atoms with van der Waals surface area (Å²) >= 11 is 0. The van der Waals surface area contributed by atoms with E-state index in [1.165, 1.54) is 81.7 Å². The fraction of sp³-hybridized carbons (Fsp3) is 0.111. The Bertz CT molecular complexity index is 4110. The van der Waals surface area contributed by atoms with Gasteiger partial charge >= 0.3 is 0 Å². The highest BCUT2D eigenvalue weighted by Gasteiger charge is 2.33. The number of hydrogen-bond acceptors (Lipinski definition) is 2. The molecule has 358 valence electrons. The molecule has 12 aromatic carbocycles. The van der Waals surface area contributed by atoms with Gasteiger partial charge in [0.2, 0.25) is 0 Å². The molecule has 12 rings (SSSR count). The standard InChI is InChI=1S/C72H60N2/c1-45-20-28-51(29-21-45)49(5)53-32-40-57(41-33-53)73(56-36-24-47(3)25-37-56)65-44-64-61-18-12-14-55-15-13-19-63(66(55)61)67-60-16-10-11-17-62(60)70(72(7,8)9)69(68(64)67)71(65)74(58-38-26-48(4)27-39-58)59-42-34-54(35-43-59)50(6)52-30-22-46(2)23-31-52/h10-44H,5-6H2,1-4,7-9H3. The minimum atomic E-state index is -0.299. The number of nitrogens with zero attached hydrogens (tertiary/aromatic N) is 2. The van der Waals surface area contributed by atoms with Crippen LogP contribution in [0.4, 0.5) is 34.1 Å². The van der Waals surface area contributed by atoms with Gasteiger partial charge in [-0.15, -0.1) is 0 Å². The predicted molar refractivity (Wildman–Crippen MR) is 321 cm³/mol. The Kier molecular flexibility index (Phi) is 11.3. The molecule has 0 spiro atoms. The minimum Gasteiger partial charge on any atom is -0.308 e. The lowest BCUT2D eigenvalue weighted by molar-refractivity contribution is 0.601. The van der Waals surface area contributed by atoms with Crippen molar-refractivity contribution in [3.63, 3.8) is 0 Å². The summed E-state index contributed by atoms with van der Waals surface area (Å²) in [7, 11) is 0. The van der Waals surface area contributed by atoms with Crippen molar-refractivity contribution in [2.24, 2.45) is 0 Å². The molecule has 0 atom stereocenters. The Balaban J connectivity index is 1.25. The van der Waals surface area contributed by atoms with Gasteiger partial charge in [0.15, 0.2) is 0 Å². The summed E-state index contributed by atoms with van der Waals surface area (Å²) in [5, 5.41) is 12.6. The molecule has 2 heteroatoms. The lowest BCUT2D eigenvalue weighted by Gasteiger charge is -2.37. The molecule has 2 nitrogen and oxygen atoms in total. The van der Waals surface area contributed by atoms with Crippen molar-refractivity contribution in [1.82, 2.24) is 0 Å². The molecule has 0 saturated carbocycles. The van der Waals surface area contributed by atoms with Gasteiger partial charge in [-0.2, -0.15) is 0 Å². The second-order valence-corrected chi connectivity index (χ2v) is 21.4. The molecule has 0 unspecified atom stereocenters. The van der Waals surface area contributed by atoms with E-state index in [-0.39, 0.29) is 5.41 Å². The van der Waals surface area contributed by atoms with Crippen LogP contribution in [-0.2, 0) is 5.41 Å². The van der Waals surface area contributed by atoms with Crippen LogP contribution in [0.1, 0.15) is 70.8 Å². The van der Waals surface area contributed by atoms with E-state index in [1.807, 2.05) is 0 Å². The maximum absolute atomic E-state index is 4.63. The molecule has 0 heterocycles. The van der Waals surface area contributed by atoms with Crippen molar-refractivity contribution in [3.8, 4) is 0 Å². The van der Waals surface area contributed by atoms with Crippen LogP contribution in [0, 0.1) is 27.7 Å². The van der Waals surface area contributed by atoms with Crippen LogP contribution in [-0.4, -0.2) is 0 Å². The number of hydrogen-bond donors (Lipinski definition) is 0. The molecule has 0 N–H and O–H groups in total. The Morgan fingerprint density at radius 3 is 1.16 bits per heavy atom. The molecule has 0 aliphatic rings. The normalized spacial score (nSPS) is 11.8. The predicted octanol–water partition coefficient (Wildman–Crippen LogP) is 20.5. The molecule has 0 aliphatic heterocycles. The third kappa shape index (κ3) is 7.90. The zero-order chi connectivity index (χ0) is 51.0. The molecule has 12 aromatic rings. The summed E-state index contributed by atoms with van der Waals surface area (Å²) in [6.07, 6.45) is 0. The first-order valence-electron chi connectivity index (χ1n) is 25.9. The first-order chi connectivity index (χ1) is 35.8. The third-order valence-electron chi connectivity index (χ3n) is 15.3. The minimum absolute atomic E-state index is 0.299. The third-order valence-corrected chi connectivity index (χ3v) is 15.3. The van der Waals surface area contributed by atoms with Gasteiger partial charge in [0.25, 0.3) is 0 Å². The van der Waals surface area contributed by atoms with E-state index in [1.54, 1.807) is 0 Å². The number of benzene rings is 12. The summed E-state index contributed by atoms with van der Waals surface area (Å²) in [6, 6.07) is 78.9. The lowest BCUT2D eigenvalue weighted by atomic mass is 9.76. The molecule has 0 aliphatic carbocycles. The van der Waals surface area contributed by atoms with E-state index in [0.717, 1.165) is 67.5 Å². The highest BCUT2D eigenvalue weighted by Crippen LogP contribution is 2.57. The summed E-state index contributed by atoms with van der Waals surface area (Å²) in [6.45, 7) is 25.0. The summed E-state index contributed by atoms with van der Waals surface area (Å²) in [5.41, 5.74) is 18.7.